The smallest absolute Gasteiger partial charge is 0.273 e. The number of hydrogen-bond acceptors (Lipinski definition) is 4. The molecule has 2 rings (SSSR count). The third kappa shape index (κ3) is 3.98. The Bertz CT molecular complexity index is 558. The number of benzene rings is 1. The van der Waals surface area contributed by atoms with E-state index < -0.39 is 0 Å². The average Bonchev–Trinajstić information content (AvgIpc) is 2.48. The van der Waals surface area contributed by atoms with Crippen molar-refractivity contribution in [3.05, 3.63) is 54.4 Å². The van der Waals surface area contributed by atoms with Gasteiger partial charge in [0, 0.05) is 12.7 Å². The molecule has 0 fully saturated rings. The molecule has 5 heteroatoms. The fourth-order valence-corrected chi connectivity index (χ4v) is 1.64. The van der Waals surface area contributed by atoms with Crippen LogP contribution in [0.3, 0.4) is 0 Å². The summed E-state index contributed by atoms with van der Waals surface area (Å²) in [6, 6.07) is 12.5. The van der Waals surface area contributed by atoms with Crippen LogP contribution in [0, 0.1) is 0 Å². The van der Waals surface area contributed by atoms with Gasteiger partial charge in [-0.15, -0.1) is 0 Å². The maximum absolute atomic E-state index is 11.7. The van der Waals surface area contributed by atoms with Crippen molar-refractivity contribution in [1.82, 2.24) is 10.3 Å². The molecule has 0 unspecified atom stereocenters. The van der Waals surface area contributed by atoms with Crippen molar-refractivity contribution in [2.45, 2.75) is 6.42 Å². The molecule has 20 heavy (non-hydrogen) atoms. The number of hydrogen-bond donors (Lipinski definition) is 2. The first-order valence-corrected chi connectivity index (χ1v) is 6.37. The van der Waals surface area contributed by atoms with Gasteiger partial charge >= 0.3 is 0 Å². The maximum Gasteiger partial charge on any atom is 0.273 e. The summed E-state index contributed by atoms with van der Waals surface area (Å²) >= 11 is 0. The number of carbonyl (C=O) groups is 1. The number of carbonyl (C=O) groups excluding carboxylic acids is 1. The summed E-state index contributed by atoms with van der Waals surface area (Å²) in [4.78, 5) is 15.6. The van der Waals surface area contributed by atoms with E-state index in [1.165, 1.54) is 12.3 Å². The standard InChI is InChI=1S/C15H16N2O3/c18-13-8-4-9-16-14(13)15(19)17-10-5-11-20-12-6-2-1-3-7-12/h1-4,6-9,18H,5,10-11H2,(H,17,19). The Morgan fingerprint density at radius 1 is 1.20 bits per heavy atom. The van der Waals surface area contributed by atoms with E-state index in [-0.39, 0.29) is 17.4 Å². The Balaban J connectivity index is 1.69. The maximum atomic E-state index is 11.7. The van der Waals surface area contributed by atoms with Gasteiger partial charge < -0.3 is 15.2 Å². The number of nitrogens with one attached hydrogen (secondary N) is 1. The molecule has 0 spiro atoms. The summed E-state index contributed by atoms with van der Waals surface area (Å²) in [5, 5.41) is 12.2. The van der Waals surface area contributed by atoms with E-state index >= 15 is 0 Å². The zero-order chi connectivity index (χ0) is 14.2. The minimum atomic E-state index is -0.386. The Labute approximate surface area is 117 Å². The number of amides is 1. The minimum Gasteiger partial charge on any atom is -0.505 e. The predicted octanol–water partition coefficient (Wildman–Crippen LogP) is 1.99. The van der Waals surface area contributed by atoms with Crippen molar-refractivity contribution in [2.24, 2.45) is 0 Å². The normalized spacial score (nSPS) is 10.0. The van der Waals surface area contributed by atoms with Crippen LogP contribution < -0.4 is 10.1 Å². The van der Waals surface area contributed by atoms with Crippen molar-refractivity contribution in [1.29, 1.82) is 0 Å². The number of pyridine rings is 1. The predicted molar refractivity (Wildman–Crippen MR) is 74.8 cm³/mol. The number of nitrogens with zero attached hydrogens (tertiary/aromatic N) is 1. The van der Waals surface area contributed by atoms with E-state index in [0.29, 0.717) is 19.6 Å². The second-order valence-corrected chi connectivity index (χ2v) is 4.14. The Hall–Kier alpha value is -2.56. The molecule has 1 aromatic carbocycles. The van der Waals surface area contributed by atoms with Crippen molar-refractivity contribution < 1.29 is 14.6 Å². The third-order valence-electron chi connectivity index (χ3n) is 2.62. The molecule has 0 bridgehead atoms. The number of aromatic hydroxyl groups is 1. The number of ether oxygens (including phenoxy) is 1. The van der Waals surface area contributed by atoms with Crippen LogP contribution in [0.4, 0.5) is 0 Å². The molecule has 0 saturated carbocycles. The van der Waals surface area contributed by atoms with Gasteiger partial charge in [-0.1, -0.05) is 18.2 Å². The highest BCUT2D eigenvalue weighted by Gasteiger charge is 2.10. The lowest BCUT2D eigenvalue weighted by molar-refractivity contribution is 0.0943. The van der Waals surface area contributed by atoms with Crippen LogP contribution in [-0.4, -0.2) is 29.1 Å². The van der Waals surface area contributed by atoms with Crippen LogP contribution in [-0.2, 0) is 0 Å². The van der Waals surface area contributed by atoms with Crippen molar-refractivity contribution >= 4 is 5.91 Å². The van der Waals surface area contributed by atoms with Crippen molar-refractivity contribution in [3.8, 4) is 11.5 Å². The molecule has 1 heterocycles. The lowest BCUT2D eigenvalue weighted by Gasteiger charge is -2.07. The molecular weight excluding hydrogens is 256 g/mol. The Kier molecular flexibility index (Phi) is 4.94. The molecule has 0 aliphatic heterocycles. The van der Waals surface area contributed by atoms with E-state index in [9.17, 15) is 9.90 Å². The van der Waals surface area contributed by atoms with Crippen molar-refractivity contribution in [2.75, 3.05) is 13.2 Å². The summed E-state index contributed by atoms with van der Waals surface area (Å²) < 4.78 is 5.50. The monoisotopic (exact) mass is 272 g/mol. The first-order valence-electron chi connectivity index (χ1n) is 6.37. The van der Waals surface area contributed by atoms with Crippen LogP contribution in [0.1, 0.15) is 16.9 Å². The topological polar surface area (TPSA) is 71.5 Å². The highest BCUT2D eigenvalue weighted by Crippen LogP contribution is 2.12. The van der Waals surface area contributed by atoms with E-state index in [4.69, 9.17) is 4.74 Å². The molecule has 1 aromatic heterocycles. The van der Waals surface area contributed by atoms with Crippen LogP contribution in [0.15, 0.2) is 48.7 Å². The summed E-state index contributed by atoms with van der Waals surface area (Å²) in [6.07, 6.45) is 2.14. The van der Waals surface area contributed by atoms with Gasteiger partial charge in [0.05, 0.1) is 6.61 Å². The van der Waals surface area contributed by atoms with Crippen LogP contribution in [0.5, 0.6) is 11.5 Å². The van der Waals surface area contributed by atoms with Gasteiger partial charge in [-0.25, -0.2) is 4.98 Å². The van der Waals surface area contributed by atoms with Crippen LogP contribution in [0.2, 0.25) is 0 Å². The van der Waals surface area contributed by atoms with Gasteiger partial charge in [0.1, 0.15) is 11.5 Å². The molecule has 0 radical (unpaired) electrons. The SMILES string of the molecule is O=C(NCCCOc1ccccc1)c1ncccc1O. The fraction of sp³-hybridized carbons (Fsp3) is 0.200. The van der Waals surface area contributed by atoms with Crippen LogP contribution in [0.25, 0.3) is 0 Å². The molecule has 0 saturated heterocycles. The number of aromatic nitrogens is 1. The van der Waals surface area contributed by atoms with E-state index in [2.05, 4.69) is 10.3 Å². The van der Waals surface area contributed by atoms with E-state index in [1.807, 2.05) is 30.3 Å². The van der Waals surface area contributed by atoms with Crippen LogP contribution >= 0.6 is 0 Å². The molecule has 0 atom stereocenters. The van der Waals surface area contributed by atoms with Gasteiger partial charge in [0.2, 0.25) is 0 Å². The van der Waals surface area contributed by atoms with Crippen molar-refractivity contribution in [3.63, 3.8) is 0 Å². The quantitative estimate of drug-likeness (QED) is 0.789. The molecule has 0 aliphatic carbocycles. The molecule has 2 N–H and O–H groups in total. The fourth-order valence-electron chi connectivity index (χ4n) is 1.64. The Morgan fingerprint density at radius 3 is 2.75 bits per heavy atom. The highest BCUT2D eigenvalue weighted by molar-refractivity contribution is 5.94. The molecule has 1 amide bonds. The molecule has 104 valence electrons. The first-order chi connectivity index (χ1) is 9.77. The van der Waals surface area contributed by atoms with Gasteiger partial charge in [-0.3, -0.25) is 4.79 Å². The van der Waals surface area contributed by atoms with E-state index in [0.717, 1.165) is 5.75 Å². The first kappa shape index (κ1) is 13.9. The highest BCUT2D eigenvalue weighted by atomic mass is 16.5. The van der Waals surface area contributed by atoms with Gasteiger partial charge in [0.25, 0.3) is 5.91 Å². The molecule has 5 nitrogen and oxygen atoms in total. The zero-order valence-electron chi connectivity index (χ0n) is 11.0. The van der Waals surface area contributed by atoms with Gasteiger partial charge in [-0.05, 0) is 30.7 Å². The van der Waals surface area contributed by atoms with Gasteiger partial charge in [-0.2, -0.15) is 0 Å². The minimum absolute atomic E-state index is 0.0384. The lowest BCUT2D eigenvalue weighted by atomic mass is 10.3. The Morgan fingerprint density at radius 2 is 2.00 bits per heavy atom. The second-order valence-electron chi connectivity index (χ2n) is 4.14. The van der Waals surface area contributed by atoms with Gasteiger partial charge in [0.15, 0.2) is 5.69 Å². The summed E-state index contributed by atoms with van der Waals surface area (Å²) in [5.41, 5.74) is 0.0384. The summed E-state index contributed by atoms with van der Waals surface area (Å²) in [6.45, 7) is 0.972. The molecular formula is C15H16N2O3. The summed E-state index contributed by atoms with van der Waals surface area (Å²) in [7, 11) is 0. The third-order valence-corrected chi connectivity index (χ3v) is 2.62. The zero-order valence-corrected chi connectivity index (χ0v) is 11.0. The summed E-state index contributed by atoms with van der Waals surface area (Å²) in [5.74, 6) is 0.301. The number of para-hydroxylation sites is 1. The number of rotatable bonds is 6. The molecule has 2 aromatic rings. The second kappa shape index (κ2) is 7.13. The molecule has 0 aliphatic rings. The van der Waals surface area contributed by atoms with E-state index in [1.54, 1.807) is 6.07 Å². The lowest BCUT2D eigenvalue weighted by Crippen LogP contribution is -2.26. The average molecular weight is 272 g/mol. The largest absolute Gasteiger partial charge is 0.505 e.